The van der Waals surface area contributed by atoms with E-state index in [1.807, 2.05) is 0 Å². The Labute approximate surface area is 103 Å². The maximum absolute atomic E-state index is 13.2. The second kappa shape index (κ2) is 5.37. The number of hydrogen-bond donors (Lipinski definition) is 1. The summed E-state index contributed by atoms with van der Waals surface area (Å²) in [5.74, 6) is -2.14. The molecule has 4 nitrogen and oxygen atoms in total. The van der Waals surface area contributed by atoms with Crippen molar-refractivity contribution in [3.63, 3.8) is 0 Å². The SMILES string of the molecule is N#CC(C#N)=NNc1c(I)ccc(F)c1F. The highest BCUT2D eigenvalue weighted by Gasteiger charge is 2.11. The van der Waals surface area contributed by atoms with Gasteiger partial charge in [-0.2, -0.15) is 15.6 Å². The number of hydrazone groups is 1. The lowest BCUT2D eigenvalue weighted by Gasteiger charge is -2.05. The molecule has 0 aliphatic heterocycles. The van der Waals surface area contributed by atoms with Crippen molar-refractivity contribution in [3.05, 3.63) is 27.3 Å². The molecule has 1 rings (SSSR count). The molecule has 0 amide bonds. The van der Waals surface area contributed by atoms with Crippen molar-refractivity contribution in [2.45, 2.75) is 0 Å². The van der Waals surface area contributed by atoms with Crippen molar-refractivity contribution in [1.82, 2.24) is 0 Å². The molecule has 0 saturated heterocycles. The molecule has 1 aromatic rings. The highest BCUT2D eigenvalue weighted by Crippen LogP contribution is 2.23. The quantitative estimate of drug-likeness (QED) is 0.391. The number of halogens is 3. The summed E-state index contributed by atoms with van der Waals surface area (Å²) in [5.41, 5.74) is 1.47. The first kappa shape index (κ1) is 12.3. The second-order valence-electron chi connectivity index (χ2n) is 2.51. The molecule has 0 fully saturated rings. The van der Waals surface area contributed by atoms with E-state index in [1.54, 1.807) is 22.6 Å². The van der Waals surface area contributed by atoms with Crippen LogP contribution in [0.4, 0.5) is 14.5 Å². The number of nitrogens with zero attached hydrogens (tertiary/aromatic N) is 3. The fourth-order valence-corrected chi connectivity index (χ4v) is 1.35. The minimum Gasteiger partial charge on any atom is -0.272 e. The van der Waals surface area contributed by atoms with Crippen LogP contribution < -0.4 is 5.43 Å². The Morgan fingerprint density at radius 2 is 1.94 bits per heavy atom. The van der Waals surface area contributed by atoms with Crippen LogP contribution in [0.3, 0.4) is 0 Å². The van der Waals surface area contributed by atoms with Crippen molar-refractivity contribution in [1.29, 1.82) is 10.5 Å². The zero-order chi connectivity index (χ0) is 12.1. The number of hydrogen-bond acceptors (Lipinski definition) is 4. The Kier molecular flexibility index (Phi) is 4.14. The largest absolute Gasteiger partial charge is 0.272 e. The standard InChI is InChI=1S/C9H3F2IN4/c10-6-1-2-7(12)9(8(6)11)16-15-5(3-13)4-14/h1-2,16H. The van der Waals surface area contributed by atoms with Crippen LogP contribution in [-0.4, -0.2) is 5.71 Å². The third kappa shape index (κ3) is 2.64. The van der Waals surface area contributed by atoms with Gasteiger partial charge in [-0.05, 0) is 34.7 Å². The molecule has 0 atom stereocenters. The molecule has 0 radical (unpaired) electrons. The summed E-state index contributed by atoms with van der Waals surface area (Å²) in [6.07, 6.45) is 0. The summed E-state index contributed by atoms with van der Waals surface area (Å²) in [4.78, 5) is 0. The van der Waals surface area contributed by atoms with E-state index in [4.69, 9.17) is 10.5 Å². The molecule has 0 bridgehead atoms. The second-order valence-corrected chi connectivity index (χ2v) is 3.68. The molecule has 0 unspecified atom stereocenters. The monoisotopic (exact) mass is 332 g/mol. The van der Waals surface area contributed by atoms with E-state index in [1.165, 1.54) is 18.2 Å². The summed E-state index contributed by atoms with van der Waals surface area (Å²) in [6, 6.07) is 5.28. The molecular formula is C9H3F2IN4. The van der Waals surface area contributed by atoms with Gasteiger partial charge in [0.25, 0.3) is 0 Å². The Balaban J connectivity index is 3.09. The summed E-state index contributed by atoms with van der Waals surface area (Å²) >= 11 is 1.77. The smallest absolute Gasteiger partial charge is 0.237 e. The fourth-order valence-electron chi connectivity index (χ4n) is 0.816. The van der Waals surface area contributed by atoms with Gasteiger partial charge in [-0.15, -0.1) is 0 Å². The third-order valence-corrected chi connectivity index (χ3v) is 2.43. The Bertz CT molecular complexity index is 512. The zero-order valence-electron chi connectivity index (χ0n) is 7.63. The first-order valence-corrected chi connectivity index (χ1v) is 4.95. The molecule has 0 heterocycles. The van der Waals surface area contributed by atoms with Gasteiger partial charge in [0, 0.05) is 3.57 Å². The lowest BCUT2D eigenvalue weighted by Crippen LogP contribution is -2.01. The van der Waals surface area contributed by atoms with E-state index < -0.39 is 17.3 Å². The van der Waals surface area contributed by atoms with Gasteiger partial charge in [0.1, 0.15) is 17.8 Å². The normalized spacial score (nSPS) is 8.81. The van der Waals surface area contributed by atoms with Gasteiger partial charge in [0.2, 0.25) is 5.71 Å². The fraction of sp³-hybridized carbons (Fsp3) is 0. The summed E-state index contributed by atoms with van der Waals surface area (Å²) in [6.45, 7) is 0. The molecule has 7 heteroatoms. The molecular weight excluding hydrogens is 329 g/mol. The van der Waals surface area contributed by atoms with Gasteiger partial charge in [-0.25, -0.2) is 8.78 Å². The van der Waals surface area contributed by atoms with E-state index in [0.717, 1.165) is 6.07 Å². The highest BCUT2D eigenvalue weighted by atomic mass is 127. The lowest BCUT2D eigenvalue weighted by atomic mass is 10.3. The number of nitriles is 2. The maximum Gasteiger partial charge on any atom is 0.237 e. The van der Waals surface area contributed by atoms with Gasteiger partial charge in [-0.1, -0.05) is 0 Å². The third-order valence-electron chi connectivity index (χ3n) is 1.54. The first-order chi connectivity index (χ1) is 7.60. The van der Waals surface area contributed by atoms with Crippen LogP contribution >= 0.6 is 22.6 Å². The van der Waals surface area contributed by atoms with Gasteiger partial charge in [-0.3, -0.25) is 5.43 Å². The first-order valence-electron chi connectivity index (χ1n) is 3.87. The molecule has 80 valence electrons. The lowest BCUT2D eigenvalue weighted by molar-refractivity contribution is 0.510. The average molecular weight is 332 g/mol. The molecule has 0 aromatic heterocycles. The van der Waals surface area contributed by atoms with E-state index in [-0.39, 0.29) is 5.69 Å². The summed E-state index contributed by atoms with van der Waals surface area (Å²) in [7, 11) is 0. The molecule has 16 heavy (non-hydrogen) atoms. The van der Waals surface area contributed by atoms with Crippen molar-refractivity contribution < 1.29 is 8.78 Å². The van der Waals surface area contributed by atoms with Crippen LogP contribution in [0, 0.1) is 37.9 Å². The van der Waals surface area contributed by atoms with Gasteiger partial charge >= 0.3 is 0 Å². The van der Waals surface area contributed by atoms with Gasteiger partial charge in [0.15, 0.2) is 11.6 Å². The highest BCUT2D eigenvalue weighted by molar-refractivity contribution is 14.1. The minimum atomic E-state index is -1.11. The number of nitrogens with one attached hydrogen (secondary N) is 1. The number of anilines is 1. The van der Waals surface area contributed by atoms with Gasteiger partial charge in [0.05, 0.1) is 0 Å². The molecule has 0 spiro atoms. The summed E-state index contributed by atoms with van der Waals surface area (Å²) < 4.78 is 26.5. The van der Waals surface area contributed by atoms with Crippen molar-refractivity contribution in [3.8, 4) is 12.1 Å². The van der Waals surface area contributed by atoms with Crippen LogP contribution in [0.5, 0.6) is 0 Å². The predicted molar refractivity (Wildman–Crippen MR) is 61.4 cm³/mol. The van der Waals surface area contributed by atoms with Crippen LogP contribution in [0.25, 0.3) is 0 Å². The van der Waals surface area contributed by atoms with Crippen molar-refractivity contribution in [2.24, 2.45) is 5.10 Å². The molecule has 0 saturated carbocycles. The van der Waals surface area contributed by atoms with E-state index in [9.17, 15) is 8.78 Å². The van der Waals surface area contributed by atoms with Crippen LogP contribution in [-0.2, 0) is 0 Å². The molecule has 1 N–H and O–H groups in total. The predicted octanol–water partition coefficient (Wildman–Crippen LogP) is 2.38. The average Bonchev–Trinajstić information content (AvgIpc) is 2.29. The van der Waals surface area contributed by atoms with Crippen molar-refractivity contribution >= 4 is 34.0 Å². The maximum atomic E-state index is 13.2. The Morgan fingerprint density at radius 1 is 1.31 bits per heavy atom. The van der Waals surface area contributed by atoms with E-state index in [0.29, 0.717) is 3.57 Å². The van der Waals surface area contributed by atoms with Gasteiger partial charge < -0.3 is 0 Å². The van der Waals surface area contributed by atoms with Crippen LogP contribution in [0.2, 0.25) is 0 Å². The number of benzene rings is 1. The molecule has 1 aromatic carbocycles. The zero-order valence-corrected chi connectivity index (χ0v) is 9.79. The van der Waals surface area contributed by atoms with E-state index in [2.05, 4.69) is 10.5 Å². The van der Waals surface area contributed by atoms with Crippen LogP contribution in [0.15, 0.2) is 17.2 Å². The topological polar surface area (TPSA) is 72.0 Å². The van der Waals surface area contributed by atoms with E-state index >= 15 is 0 Å². The van der Waals surface area contributed by atoms with Crippen molar-refractivity contribution in [2.75, 3.05) is 5.43 Å². The van der Waals surface area contributed by atoms with Crippen LogP contribution in [0.1, 0.15) is 0 Å². The minimum absolute atomic E-state index is 0.205. The Morgan fingerprint density at radius 3 is 2.50 bits per heavy atom. The number of rotatable bonds is 2. The molecule has 0 aliphatic rings. The Hall–Kier alpha value is -1.74. The molecule has 0 aliphatic carbocycles. The summed E-state index contributed by atoms with van der Waals surface area (Å²) in [5, 5.41) is 20.1.